The highest BCUT2D eigenvalue weighted by atomic mass is 15.1. The summed E-state index contributed by atoms with van der Waals surface area (Å²) in [7, 11) is 0. The smallest absolute Gasteiger partial charge is 0.00418 e. The van der Waals surface area contributed by atoms with Crippen molar-refractivity contribution in [2.45, 2.75) is 58.4 Å². The van der Waals surface area contributed by atoms with Crippen molar-refractivity contribution < 1.29 is 0 Å². The molecule has 1 N–H and O–H groups in total. The van der Waals surface area contributed by atoms with E-state index in [1.165, 1.54) is 64.7 Å². The molecule has 2 fully saturated rings. The minimum absolute atomic E-state index is 0.742. The van der Waals surface area contributed by atoms with Gasteiger partial charge in [0.15, 0.2) is 0 Å². The van der Waals surface area contributed by atoms with Gasteiger partial charge in [-0.15, -0.1) is 0 Å². The van der Waals surface area contributed by atoms with Gasteiger partial charge in [-0.2, -0.15) is 0 Å². The number of rotatable bonds is 4. The third kappa shape index (κ3) is 4.26. The molecule has 2 aliphatic heterocycles. The van der Waals surface area contributed by atoms with Gasteiger partial charge in [0.05, 0.1) is 0 Å². The molecule has 2 aliphatic rings. The molecule has 0 bridgehead atoms. The third-order valence-corrected chi connectivity index (χ3v) is 4.65. The molecule has 2 atom stereocenters. The summed E-state index contributed by atoms with van der Waals surface area (Å²) < 4.78 is 0. The van der Waals surface area contributed by atoms with Crippen molar-refractivity contribution >= 4 is 0 Å². The van der Waals surface area contributed by atoms with Gasteiger partial charge in [-0.25, -0.2) is 0 Å². The van der Waals surface area contributed by atoms with Crippen LogP contribution in [0.15, 0.2) is 0 Å². The lowest BCUT2D eigenvalue weighted by molar-refractivity contribution is 0.138. The minimum Gasteiger partial charge on any atom is -0.314 e. The van der Waals surface area contributed by atoms with Crippen LogP contribution in [-0.4, -0.2) is 37.1 Å². The van der Waals surface area contributed by atoms with Gasteiger partial charge in [0, 0.05) is 12.6 Å². The van der Waals surface area contributed by atoms with Crippen LogP contribution in [0.5, 0.6) is 0 Å². The van der Waals surface area contributed by atoms with Crippen molar-refractivity contribution in [3.63, 3.8) is 0 Å². The van der Waals surface area contributed by atoms with E-state index < -0.39 is 0 Å². The number of nitrogens with one attached hydrogen (secondary N) is 1. The Hall–Kier alpha value is -0.0800. The van der Waals surface area contributed by atoms with Crippen molar-refractivity contribution in [1.29, 1.82) is 0 Å². The second-order valence-electron chi connectivity index (χ2n) is 6.28. The fraction of sp³-hybridized carbons (Fsp3) is 1.00. The van der Waals surface area contributed by atoms with Gasteiger partial charge in [0.25, 0.3) is 0 Å². The van der Waals surface area contributed by atoms with Crippen LogP contribution in [0, 0.1) is 11.8 Å². The average molecular weight is 238 g/mol. The van der Waals surface area contributed by atoms with E-state index >= 15 is 0 Å². The summed E-state index contributed by atoms with van der Waals surface area (Å²) in [6.07, 6.45) is 8.51. The summed E-state index contributed by atoms with van der Waals surface area (Å²) in [4.78, 5) is 2.73. The first-order valence-electron chi connectivity index (χ1n) is 7.73. The van der Waals surface area contributed by atoms with Gasteiger partial charge in [0.2, 0.25) is 0 Å². The molecule has 2 saturated heterocycles. The Balaban J connectivity index is 1.67. The van der Waals surface area contributed by atoms with Gasteiger partial charge >= 0.3 is 0 Å². The molecular formula is C15H30N2. The fourth-order valence-corrected chi connectivity index (χ4v) is 3.63. The molecule has 0 radical (unpaired) electrons. The molecule has 0 spiro atoms. The Morgan fingerprint density at radius 3 is 2.53 bits per heavy atom. The molecule has 0 saturated carbocycles. The minimum atomic E-state index is 0.742. The molecular weight excluding hydrogens is 208 g/mol. The summed E-state index contributed by atoms with van der Waals surface area (Å²) in [5, 5.41) is 3.55. The predicted molar refractivity (Wildman–Crippen MR) is 74.3 cm³/mol. The van der Waals surface area contributed by atoms with Crippen LogP contribution in [0.25, 0.3) is 0 Å². The topological polar surface area (TPSA) is 15.3 Å². The number of hydrogen-bond donors (Lipinski definition) is 1. The number of piperidine rings is 2. The van der Waals surface area contributed by atoms with Crippen LogP contribution < -0.4 is 5.32 Å². The zero-order valence-electron chi connectivity index (χ0n) is 11.8. The van der Waals surface area contributed by atoms with E-state index in [0.717, 1.165) is 17.9 Å². The molecule has 0 aromatic carbocycles. The maximum atomic E-state index is 3.55. The Kier molecular flexibility index (Phi) is 5.30. The van der Waals surface area contributed by atoms with E-state index in [9.17, 15) is 0 Å². The van der Waals surface area contributed by atoms with Gasteiger partial charge < -0.3 is 10.2 Å². The highest BCUT2D eigenvalue weighted by Gasteiger charge is 2.23. The first kappa shape index (κ1) is 13.4. The molecule has 100 valence electrons. The molecule has 0 aromatic heterocycles. The summed E-state index contributed by atoms with van der Waals surface area (Å²) in [6, 6.07) is 0.742. The fourth-order valence-electron chi connectivity index (χ4n) is 3.63. The molecule has 2 heterocycles. The lowest BCUT2D eigenvalue weighted by Gasteiger charge is -2.36. The zero-order valence-corrected chi connectivity index (χ0v) is 11.8. The first-order valence-corrected chi connectivity index (χ1v) is 7.73. The average Bonchev–Trinajstić information content (AvgIpc) is 2.32. The van der Waals surface area contributed by atoms with Crippen LogP contribution in [0.2, 0.25) is 0 Å². The number of hydrogen-bond acceptors (Lipinski definition) is 2. The molecule has 2 heteroatoms. The number of likely N-dealkylation sites (tertiary alicyclic amines) is 1. The molecule has 0 aliphatic carbocycles. The van der Waals surface area contributed by atoms with Crippen LogP contribution in [0.4, 0.5) is 0 Å². The van der Waals surface area contributed by atoms with Crippen molar-refractivity contribution in [3.8, 4) is 0 Å². The Bertz CT molecular complexity index is 209. The van der Waals surface area contributed by atoms with Gasteiger partial charge in [-0.1, -0.05) is 19.8 Å². The highest BCUT2D eigenvalue weighted by molar-refractivity contribution is 4.80. The first-order chi connectivity index (χ1) is 8.28. The SMILES string of the molecule is CCCC1CCN(CC2CCNC(C)C2)CC1. The van der Waals surface area contributed by atoms with Crippen molar-refractivity contribution in [1.82, 2.24) is 10.2 Å². The quantitative estimate of drug-likeness (QED) is 0.810. The van der Waals surface area contributed by atoms with Crippen molar-refractivity contribution in [2.24, 2.45) is 11.8 Å². The van der Waals surface area contributed by atoms with Gasteiger partial charge in [-0.05, 0) is 64.1 Å². The molecule has 0 aromatic rings. The van der Waals surface area contributed by atoms with Crippen LogP contribution in [-0.2, 0) is 0 Å². The van der Waals surface area contributed by atoms with E-state index in [1.54, 1.807) is 0 Å². The normalized spacial score (nSPS) is 32.8. The predicted octanol–water partition coefficient (Wildman–Crippen LogP) is 2.89. The van der Waals surface area contributed by atoms with E-state index in [-0.39, 0.29) is 0 Å². The van der Waals surface area contributed by atoms with E-state index in [0.29, 0.717) is 0 Å². The monoisotopic (exact) mass is 238 g/mol. The maximum absolute atomic E-state index is 3.55. The van der Waals surface area contributed by atoms with Crippen molar-refractivity contribution in [2.75, 3.05) is 26.2 Å². The van der Waals surface area contributed by atoms with E-state index in [4.69, 9.17) is 0 Å². The largest absolute Gasteiger partial charge is 0.314 e. The summed E-state index contributed by atoms with van der Waals surface area (Å²) >= 11 is 0. The standard InChI is InChI=1S/C15H30N2/c1-3-4-14-6-9-17(10-7-14)12-15-5-8-16-13(2)11-15/h13-16H,3-12H2,1-2H3. The second-order valence-corrected chi connectivity index (χ2v) is 6.28. The molecule has 2 nitrogen and oxygen atoms in total. The zero-order chi connectivity index (χ0) is 12.1. The van der Waals surface area contributed by atoms with E-state index in [1.807, 2.05) is 0 Å². The Morgan fingerprint density at radius 2 is 1.88 bits per heavy atom. The molecule has 2 unspecified atom stereocenters. The summed E-state index contributed by atoms with van der Waals surface area (Å²) in [5.74, 6) is 1.98. The van der Waals surface area contributed by atoms with Gasteiger partial charge in [0.1, 0.15) is 0 Å². The lowest BCUT2D eigenvalue weighted by Crippen LogP contribution is -2.42. The Labute approximate surface area is 107 Å². The Morgan fingerprint density at radius 1 is 1.12 bits per heavy atom. The molecule has 17 heavy (non-hydrogen) atoms. The summed E-state index contributed by atoms with van der Waals surface area (Å²) in [6.45, 7) is 9.98. The lowest BCUT2D eigenvalue weighted by atomic mass is 9.89. The number of nitrogens with zero attached hydrogens (tertiary/aromatic N) is 1. The van der Waals surface area contributed by atoms with Gasteiger partial charge in [-0.3, -0.25) is 0 Å². The van der Waals surface area contributed by atoms with E-state index in [2.05, 4.69) is 24.1 Å². The molecule has 0 amide bonds. The van der Waals surface area contributed by atoms with Crippen LogP contribution in [0.1, 0.15) is 52.4 Å². The highest BCUT2D eigenvalue weighted by Crippen LogP contribution is 2.24. The van der Waals surface area contributed by atoms with Crippen LogP contribution >= 0.6 is 0 Å². The maximum Gasteiger partial charge on any atom is 0.00418 e. The third-order valence-electron chi connectivity index (χ3n) is 4.65. The van der Waals surface area contributed by atoms with Crippen molar-refractivity contribution in [3.05, 3.63) is 0 Å². The summed E-state index contributed by atoms with van der Waals surface area (Å²) in [5.41, 5.74) is 0. The molecule has 2 rings (SSSR count). The van der Waals surface area contributed by atoms with Crippen LogP contribution in [0.3, 0.4) is 0 Å². The second kappa shape index (κ2) is 6.75.